The van der Waals surface area contributed by atoms with Crippen LogP contribution in [0.3, 0.4) is 0 Å². The molecule has 1 aromatic heterocycles. The molecule has 27 heavy (non-hydrogen) atoms. The van der Waals surface area contributed by atoms with Gasteiger partial charge in [-0.3, -0.25) is 9.69 Å². The van der Waals surface area contributed by atoms with Gasteiger partial charge in [0.05, 0.1) is 24.7 Å². The van der Waals surface area contributed by atoms with Gasteiger partial charge in [0.1, 0.15) is 5.82 Å². The largest absolute Gasteiger partial charge is 0.379 e. The Morgan fingerprint density at radius 3 is 2.85 bits per heavy atom. The number of rotatable bonds is 7. The summed E-state index contributed by atoms with van der Waals surface area (Å²) in [5, 5.41) is 3.27. The number of nitrogens with zero attached hydrogens (tertiary/aromatic N) is 3. The minimum Gasteiger partial charge on any atom is -0.379 e. The zero-order valence-electron chi connectivity index (χ0n) is 15.8. The van der Waals surface area contributed by atoms with Crippen molar-refractivity contribution in [2.24, 2.45) is 0 Å². The van der Waals surface area contributed by atoms with Crippen LogP contribution in [0.25, 0.3) is 0 Å². The number of carbonyl (C=O) groups excluding carboxylic acids is 1. The molecule has 0 aliphatic carbocycles. The number of hydrogen-bond donors (Lipinski definition) is 1. The van der Waals surface area contributed by atoms with Gasteiger partial charge < -0.3 is 15.0 Å². The molecule has 1 atom stereocenters. The molecule has 1 N–H and O–H groups in total. The maximum atomic E-state index is 12.9. The number of pyridine rings is 1. The molecule has 1 aromatic rings. The molecule has 0 saturated carbocycles. The van der Waals surface area contributed by atoms with E-state index >= 15 is 0 Å². The van der Waals surface area contributed by atoms with E-state index in [9.17, 15) is 13.2 Å². The van der Waals surface area contributed by atoms with Crippen LogP contribution in [0, 0.1) is 0 Å². The first kappa shape index (κ1) is 20.0. The molecule has 1 unspecified atom stereocenters. The lowest BCUT2D eigenvalue weighted by Crippen LogP contribution is -2.41. The Labute approximate surface area is 160 Å². The number of aromatic nitrogens is 1. The maximum Gasteiger partial charge on any atom is 0.254 e. The van der Waals surface area contributed by atoms with E-state index in [4.69, 9.17) is 4.74 Å². The molecule has 3 heterocycles. The van der Waals surface area contributed by atoms with Crippen LogP contribution in [0.4, 0.5) is 5.82 Å². The first-order valence-corrected chi connectivity index (χ1v) is 11.3. The van der Waals surface area contributed by atoms with Gasteiger partial charge in [-0.2, -0.15) is 0 Å². The van der Waals surface area contributed by atoms with Crippen LogP contribution in [0.15, 0.2) is 18.3 Å². The number of morpholine rings is 1. The van der Waals surface area contributed by atoms with Crippen molar-refractivity contribution in [3.63, 3.8) is 0 Å². The zero-order chi connectivity index (χ0) is 19.3. The second-order valence-corrected chi connectivity index (χ2v) is 9.19. The average Bonchev–Trinajstić information content (AvgIpc) is 3.03. The van der Waals surface area contributed by atoms with Gasteiger partial charge in [0, 0.05) is 50.5 Å². The third kappa shape index (κ3) is 5.40. The standard InChI is InChI=1S/C18H28N4O4S/c1-2-22(16-4-12-27(24,25)14-16)18(23)15-3-5-19-17(13-15)20-6-7-21-8-10-26-11-9-21/h3,5,13,16H,2,4,6-12,14H2,1H3,(H,19,20). The summed E-state index contributed by atoms with van der Waals surface area (Å²) < 4.78 is 28.8. The average molecular weight is 397 g/mol. The first-order chi connectivity index (χ1) is 13.0. The third-order valence-electron chi connectivity index (χ3n) is 5.10. The van der Waals surface area contributed by atoms with Crippen LogP contribution in [0.1, 0.15) is 23.7 Å². The second kappa shape index (κ2) is 8.99. The highest BCUT2D eigenvalue weighted by atomic mass is 32.2. The topological polar surface area (TPSA) is 91.8 Å². The SMILES string of the molecule is CCN(C(=O)c1ccnc(NCCN2CCOCC2)c1)C1CCS(=O)(=O)C1. The van der Waals surface area contributed by atoms with Crippen molar-refractivity contribution in [1.29, 1.82) is 0 Å². The molecule has 2 aliphatic heterocycles. The summed E-state index contributed by atoms with van der Waals surface area (Å²) in [6.07, 6.45) is 2.13. The minimum atomic E-state index is -3.03. The number of sulfone groups is 1. The van der Waals surface area contributed by atoms with Gasteiger partial charge in [0.15, 0.2) is 9.84 Å². The normalized spacial score (nSPS) is 22.5. The van der Waals surface area contributed by atoms with Gasteiger partial charge >= 0.3 is 0 Å². The van der Waals surface area contributed by atoms with Crippen molar-refractivity contribution >= 4 is 21.6 Å². The number of amides is 1. The molecule has 2 saturated heterocycles. The summed E-state index contributed by atoms with van der Waals surface area (Å²) in [7, 11) is -3.03. The van der Waals surface area contributed by atoms with Gasteiger partial charge in [0.2, 0.25) is 0 Å². The van der Waals surface area contributed by atoms with Gasteiger partial charge in [-0.25, -0.2) is 13.4 Å². The third-order valence-corrected chi connectivity index (χ3v) is 6.85. The molecule has 0 spiro atoms. The molecular formula is C18H28N4O4S. The highest BCUT2D eigenvalue weighted by Gasteiger charge is 2.34. The highest BCUT2D eigenvalue weighted by Crippen LogP contribution is 2.20. The van der Waals surface area contributed by atoms with Crippen LogP contribution in [0.2, 0.25) is 0 Å². The van der Waals surface area contributed by atoms with E-state index in [1.807, 2.05) is 6.92 Å². The second-order valence-electron chi connectivity index (χ2n) is 6.96. The van der Waals surface area contributed by atoms with Gasteiger partial charge in [0.25, 0.3) is 5.91 Å². The molecule has 1 amide bonds. The van der Waals surface area contributed by atoms with Crippen LogP contribution in [-0.4, -0.2) is 92.6 Å². The molecular weight excluding hydrogens is 368 g/mol. The van der Waals surface area contributed by atoms with E-state index in [0.29, 0.717) is 24.3 Å². The van der Waals surface area contributed by atoms with Crippen LogP contribution >= 0.6 is 0 Å². The minimum absolute atomic E-state index is 0.0579. The molecule has 0 aromatic carbocycles. The molecule has 9 heteroatoms. The Balaban J connectivity index is 1.59. The fourth-order valence-corrected chi connectivity index (χ4v) is 5.31. The van der Waals surface area contributed by atoms with Crippen molar-refractivity contribution in [2.75, 3.05) is 62.8 Å². The fraction of sp³-hybridized carbons (Fsp3) is 0.667. The molecule has 2 fully saturated rings. The lowest BCUT2D eigenvalue weighted by atomic mass is 10.1. The Hall–Kier alpha value is -1.71. The number of hydrogen-bond acceptors (Lipinski definition) is 7. The summed E-state index contributed by atoms with van der Waals surface area (Å²) in [6, 6.07) is 3.19. The monoisotopic (exact) mass is 396 g/mol. The van der Waals surface area contributed by atoms with Crippen LogP contribution in [0.5, 0.6) is 0 Å². The number of anilines is 1. The van der Waals surface area contributed by atoms with Crippen LogP contribution < -0.4 is 5.32 Å². The van der Waals surface area contributed by atoms with Crippen molar-refractivity contribution < 1.29 is 17.9 Å². The van der Waals surface area contributed by atoms with E-state index in [2.05, 4.69) is 15.2 Å². The molecule has 0 radical (unpaired) electrons. The van der Waals surface area contributed by atoms with E-state index < -0.39 is 9.84 Å². The van der Waals surface area contributed by atoms with E-state index in [1.165, 1.54) is 0 Å². The quantitative estimate of drug-likeness (QED) is 0.716. The number of ether oxygens (including phenoxy) is 1. The lowest BCUT2D eigenvalue weighted by Gasteiger charge is -2.27. The Bertz CT molecular complexity index is 749. The fourth-order valence-electron chi connectivity index (χ4n) is 3.58. The number of nitrogens with one attached hydrogen (secondary N) is 1. The van der Waals surface area contributed by atoms with Crippen molar-refractivity contribution in [2.45, 2.75) is 19.4 Å². The summed E-state index contributed by atoms with van der Waals surface area (Å²) in [4.78, 5) is 21.2. The Morgan fingerprint density at radius 1 is 1.41 bits per heavy atom. The van der Waals surface area contributed by atoms with Crippen LogP contribution in [-0.2, 0) is 14.6 Å². The zero-order valence-corrected chi connectivity index (χ0v) is 16.6. The van der Waals surface area contributed by atoms with Crippen molar-refractivity contribution in [1.82, 2.24) is 14.8 Å². The molecule has 8 nitrogen and oxygen atoms in total. The first-order valence-electron chi connectivity index (χ1n) is 9.50. The van der Waals surface area contributed by atoms with Gasteiger partial charge in [-0.05, 0) is 25.5 Å². The number of carbonyl (C=O) groups is 1. The van der Waals surface area contributed by atoms with Crippen molar-refractivity contribution in [3.05, 3.63) is 23.9 Å². The van der Waals surface area contributed by atoms with Gasteiger partial charge in [-0.1, -0.05) is 0 Å². The summed E-state index contributed by atoms with van der Waals surface area (Å²) in [6.45, 7) is 7.41. The van der Waals surface area contributed by atoms with Gasteiger partial charge in [-0.15, -0.1) is 0 Å². The summed E-state index contributed by atoms with van der Waals surface area (Å²) >= 11 is 0. The van der Waals surface area contributed by atoms with Crippen molar-refractivity contribution in [3.8, 4) is 0 Å². The van der Waals surface area contributed by atoms with E-state index in [1.54, 1.807) is 23.2 Å². The lowest BCUT2D eigenvalue weighted by molar-refractivity contribution is 0.0398. The molecule has 0 bridgehead atoms. The Kier molecular flexibility index (Phi) is 6.67. The maximum absolute atomic E-state index is 12.9. The molecule has 3 rings (SSSR count). The Morgan fingerprint density at radius 2 is 2.19 bits per heavy atom. The van der Waals surface area contributed by atoms with E-state index in [0.717, 1.165) is 39.4 Å². The highest BCUT2D eigenvalue weighted by molar-refractivity contribution is 7.91. The predicted octanol–water partition coefficient (Wildman–Crippen LogP) is 0.475. The smallest absolute Gasteiger partial charge is 0.254 e. The summed E-state index contributed by atoms with van der Waals surface area (Å²) in [5.74, 6) is 0.733. The van der Waals surface area contributed by atoms with E-state index in [-0.39, 0.29) is 23.5 Å². The molecule has 2 aliphatic rings. The predicted molar refractivity (Wildman–Crippen MR) is 104 cm³/mol. The molecule has 150 valence electrons. The summed E-state index contributed by atoms with van der Waals surface area (Å²) in [5.41, 5.74) is 0.532.